The topological polar surface area (TPSA) is 104 Å². The van der Waals surface area contributed by atoms with Crippen LogP contribution in [0.15, 0.2) is 0 Å². The van der Waals surface area contributed by atoms with Gasteiger partial charge >= 0.3 is 11.8 Å². The third-order valence-corrected chi connectivity index (χ3v) is 4.21. The predicted octanol–water partition coefficient (Wildman–Crippen LogP) is 0.156. The number of carboxylic acids is 1. The monoisotopic (exact) mass is 299 g/mol. The number of carboxylic acid groups (broad SMARTS) is 1. The molecular formula is C14H21NO6. The normalized spacial score (nSPS) is 34.4. The molecule has 0 aromatic carbocycles. The Hall–Kier alpha value is -1.47. The van der Waals surface area contributed by atoms with Crippen molar-refractivity contribution in [2.75, 3.05) is 13.2 Å². The molecular weight excluding hydrogens is 278 g/mol. The number of rotatable bonds is 2. The van der Waals surface area contributed by atoms with Gasteiger partial charge < -0.3 is 19.8 Å². The number of aliphatic hydroxyl groups is 1. The molecule has 2 fully saturated rings. The van der Waals surface area contributed by atoms with E-state index in [1.54, 1.807) is 6.92 Å². The highest BCUT2D eigenvalue weighted by Crippen LogP contribution is 2.28. The van der Waals surface area contributed by atoms with Crippen molar-refractivity contribution in [1.82, 2.24) is 4.90 Å². The number of likely N-dealkylation sites (tertiary alicyclic amines) is 1. The van der Waals surface area contributed by atoms with Gasteiger partial charge in [0.15, 0.2) is 0 Å². The minimum atomic E-state index is -2.54. The lowest BCUT2D eigenvalue weighted by Gasteiger charge is -2.37. The second-order valence-electron chi connectivity index (χ2n) is 5.75. The maximum Gasteiger partial charge on any atom is 0.326 e. The molecule has 0 saturated carbocycles. The Balaban J connectivity index is 2.27. The summed E-state index contributed by atoms with van der Waals surface area (Å²) >= 11 is 0. The van der Waals surface area contributed by atoms with E-state index in [9.17, 15) is 24.6 Å². The van der Waals surface area contributed by atoms with E-state index in [0.717, 1.165) is 4.90 Å². The average molecular weight is 299 g/mol. The molecule has 2 aliphatic rings. The van der Waals surface area contributed by atoms with Crippen LogP contribution in [0.4, 0.5) is 0 Å². The van der Waals surface area contributed by atoms with E-state index in [4.69, 9.17) is 4.74 Å². The van der Waals surface area contributed by atoms with Gasteiger partial charge in [0.2, 0.25) is 5.78 Å². The zero-order chi connectivity index (χ0) is 15.6. The van der Waals surface area contributed by atoms with Gasteiger partial charge in [0.25, 0.3) is 5.91 Å². The SMILES string of the molecule is C[C@@H]1CCCOC(O)(C(=O)N2CCCC[C@H]2C(=O)O)C1=O. The molecule has 0 radical (unpaired) electrons. The van der Waals surface area contributed by atoms with Gasteiger partial charge in [-0.25, -0.2) is 4.79 Å². The fourth-order valence-corrected chi connectivity index (χ4v) is 2.94. The molecule has 7 nitrogen and oxygen atoms in total. The van der Waals surface area contributed by atoms with E-state index in [2.05, 4.69) is 0 Å². The van der Waals surface area contributed by atoms with Crippen molar-refractivity contribution in [2.45, 2.75) is 50.9 Å². The summed E-state index contributed by atoms with van der Waals surface area (Å²) in [6.07, 6.45) is 2.78. The highest BCUT2D eigenvalue weighted by Gasteiger charge is 2.52. The lowest BCUT2D eigenvalue weighted by atomic mass is 9.93. The molecule has 0 aromatic heterocycles. The Labute approximate surface area is 122 Å². The zero-order valence-electron chi connectivity index (χ0n) is 12.1. The van der Waals surface area contributed by atoms with Crippen molar-refractivity contribution in [1.29, 1.82) is 0 Å². The number of aliphatic carboxylic acids is 1. The lowest BCUT2D eigenvalue weighted by molar-refractivity contribution is -0.216. The van der Waals surface area contributed by atoms with E-state index in [1.165, 1.54) is 0 Å². The van der Waals surface area contributed by atoms with Gasteiger partial charge in [0, 0.05) is 12.5 Å². The maximum atomic E-state index is 12.6. The van der Waals surface area contributed by atoms with Crippen LogP contribution < -0.4 is 0 Å². The van der Waals surface area contributed by atoms with Crippen molar-refractivity contribution < 1.29 is 29.3 Å². The van der Waals surface area contributed by atoms with Crippen molar-refractivity contribution in [3.05, 3.63) is 0 Å². The van der Waals surface area contributed by atoms with Gasteiger partial charge in [0.05, 0.1) is 6.61 Å². The van der Waals surface area contributed by atoms with Crippen molar-refractivity contribution in [3.8, 4) is 0 Å². The van der Waals surface area contributed by atoms with Crippen LogP contribution >= 0.6 is 0 Å². The molecule has 118 valence electrons. The van der Waals surface area contributed by atoms with Crippen LogP contribution in [0.25, 0.3) is 0 Å². The van der Waals surface area contributed by atoms with Crippen LogP contribution in [0.2, 0.25) is 0 Å². The number of ketones is 1. The quantitative estimate of drug-likeness (QED) is 0.704. The molecule has 21 heavy (non-hydrogen) atoms. The molecule has 1 unspecified atom stereocenters. The average Bonchev–Trinajstić information content (AvgIpc) is 2.61. The molecule has 0 bridgehead atoms. The molecule has 0 aliphatic carbocycles. The smallest absolute Gasteiger partial charge is 0.326 e. The van der Waals surface area contributed by atoms with E-state index in [-0.39, 0.29) is 13.2 Å². The predicted molar refractivity (Wildman–Crippen MR) is 71.3 cm³/mol. The van der Waals surface area contributed by atoms with Gasteiger partial charge in [0.1, 0.15) is 6.04 Å². The molecule has 2 rings (SSSR count). The number of nitrogens with zero attached hydrogens (tertiary/aromatic N) is 1. The van der Waals surface area contributed by atoms with Gasteiger partial charge in [-0.1, -0.05) is 6.92 Å². The van der Waals surface area contributed by atoms with Crippen LogP contribution in [0.3, 0.4) is 0 Å². The summed E-state index contributed by atoms with van der Waals surface area (Å²) in [7, 11) is 0. The number of amides is 1. The molecule has 2 N–H and O–H groups in total. The van der Waals surface area contributed by atoms with Crippen molar-refractivity contribution in [3.63, 3.8) is 0 Å². The Morgan fingerprint density at radius 1 is 1.29 bits per heavy atom. The van der Waals surface area contributed by atoms with Gasteiger partial charge in [-0.3, -0.25) is 9.59 Å². The summed E-state index contributed by atoms with van der Waals surface area (Å²) in [5, 5.41) is 19.7. The molecule has 3 atom stereocenters. The third kappa shape index (κ3) is 2.94. The maximum absolute atomic E-state index is 12.6. The Kier molecular flexibility index (Phi) is 4.63. The fraction of sp³-hybridized carbons (Fsp3) is 0.786. The standard InChI is InChI=1S/C14H21NO6/c1-9-5-4-8-21-14(20,11(9)16)13(19)15-7-3-2-6-10(15)12(17)18/h9-10,20H,2-8H2,1H3,(H,17,18)/t9-,10+,14?/m1/s1. The number of carbonyl (C=O) groups is 3. The molecule has 7 heteroatoms. The van der Waals surface area contributed by atoms with Crippen molar-refractivity contribution in [2.24, 2.45) is 5.92 Å². The Morgan fingerprint density at radius 2 is 2.00 bits per heavy atom. The van der Waals surface area contributed by atoms with Gasteiger partial charge in [-0.2, -0.15) is 0 Å². The van der Waals surface area contributed by atoms with E-state index < -0.39 is 35.4 Å². The third-order valence-electron chi connectivity index (χ3n) is 4.21. The second kappa shape index (κ2) is 6.11. The summed E-state index contributed by atoms with van der Waals surface area (Å²) in [5.74, 6) is -5.77. The largest absolute Gasteiger partial charge is 0.480 e. The van der Waals surface area contributed by atoms with Crippen LogP contribution in [-0.4, -0.2) is 57.8 Å². The molecule has 2 aliphatic heterocycles. The van der Waals surface area contributed by atoms with Crippen LogP contribution in [-0.2, 0) is 19.1 Å². The van der Waals surface area contributed by atoms with Gasteiger partial charge in [-0.05, 0) is 32.1 Å². The summed E-state index contributed by atoms with van der Waals surface area (Å²) in [4.78, 5) is 37.2. The number of hydrogen-bond donors (Lipinski definition) is 2. The lowest BCUT2D eigenvalue weighted by Crippen LogP contribution is -2.61. The molecule has 0 aromatic rings. The Bertz CT molecular complexity index is 451. The fourth-order valence-electron chi connectivity index (χ4n) is 2.94. The van der Waals surface area contributed by atoms with Crippen LogP contribution in [0.5, 0.6) is 0 Å². The first-order valence-electron chi connectivity index (χ1n) is 7.32. The zero-order valence-corrected chi connectivity index (χ0v) is 12.1. The van der Waals surface area contributed by atoms with E-state index >= 15 is 0 Å². The first-order chi connectivity index (χ1) is 9.88. The number of carbonyl (C=O) groups excluding carboxylic acids is 2. The van der Waals surface area contributed by atoms with Gasteiger partial charge in [-0.15, -0.1) is 0 Å². The minimum absolute atomic E-state index is 0.101. The van der Waals surface area contributed by atoms with E-state index in [0.29, 0.717) is 32.1 Å². The number of ether oxygens (including phenoxy) is 1. The minimum Gasteiger partial charge on any atom is -0.480 e. The number of piperidine rings is 1. The van der Waals surface area contributed by atoms with Crippen LogP contribution in [0, 0.1) is 5.92 Å². The highest BCUT2D eigenvalue weighted by molar-refractivity contribution is 6.09. The summed E-state index contributed by atoms with van der Waals surface area (Å²) in [5.41, 5.74) is 0. The summed E-state index contributed by atoms with van der Waals surface area (Å²) in [6, 6.07) is -1.01. The van der Waals surface area contributed by atoms with Crippen LogP contribution in [0.1, 0.15) is 39.0 Å². The molecule has 0 spiro atoms. The second-order valence-corrected chi connectivity index (χ2v) is 5.75. The number of hydrogen-bond acceptors (Lipinski definition) is 5. The molecule has 2 saturated heterocycles. The molecule has 2 heterocycles. The highest BCUT2D eigenvalue weighted by atomic mass is 16.6. The van der Waals surface area contributed by atoms with E-state index in [1.807, 2.05) is 0 Å². The first-order valence-corrected chi connectivity index (χ1v) is 7.32. The number of Topliss-reactive ketones (excluding diaryl/α,β-unsaturated/α-hetero) is 1. The van der Waals surface area contributed by atoms with Crippen molar-refractivity contribution >= 4 is 17.7 Å². The Morgan fingerprint density at radius 3 is 2.67 bits per heavy atom. The molecule has 1 amide bonds. The first kappa shape index (κ1) is 15.9. The summed E-state index contributed by atoms with van der Waals surface area (Å²) < 4.78 is 5.14. The summed E-state index contributed by atoms with van der Waals surface area (Å²) in [6.45, 7) is 1.95.